The third-order valence-corrected chi connectivity index (χ3v) is 5.21. The number of nitrogens with zero attached hydrogens (tertiary/aromatic N) is 4. The summed E-state index contributed by atoms with van der Waals surface area (Å²) in [7, 11) is -1.48. The smallest absolute Gasteiger partial charge is 0.423 e. The summed E-state index contributed by atoms with van der Waals surface area (Å²) in [6.07, 6.45) is 1.66. The van der Waals surface area contributed by atoms with E-state index < -0.39 is 7.12 Å². The topological polar surface area (TPSA) is 94.4 Å². The molecule has 0 bridgehead atoms. The van der Waals surface area contributed by atoms with Gasteiger partial charge in [0.25, 0.3) is 5.95 Å². The van der Waals surface area contributed by atoms with Gasteiger partial charge in [-0.1, -0.05) is 49.4 Å². The summed E-state index contributed by atoms with van der Waals surface area (Å²) in [6, 6.07) is 15.8. The summed E-state index contributed by atoms with van der Waals surface area (Å²) in [5.41, 5.74) is 4.60. The number of hydrogen-bond donors (Lipinski definition) is 3. The fraction of sp³-hybridized carbons (Fsp3) is 0.286. The zero-order valence-electron chi connectivity index (χ0n) is 16.6. The summed E-state index contributed by atoms with van der Waals surface area (Å²) in [5, 5.41) is 30.9. The van der Waals surface area contributed by atoms with Crippen LogP contribution in [-0.2, 0) is 19.4 Å². The highest BCUT2D eigenvalue weighted by molar-refractivity contribution is 6.58. The van der Waals surface area contributed by atoms with Crippen LogP contribution in [0.2, 0.25) is 0 Å². The van der Waals surface area contributed by atoms with Gasteiger partial charge < -0.3 is 20.3 Å². The van der Waals surface area contributed by atoms with Crippen molar-refractivity contribution in [2.75, 3.05) is 10.2 Å². The van der Waals surface area contributed by atoms with Gasteiger partial charge in [0.2, 0.25) is 0 Å². The maximum Gasteiger partial charge on any atom is 0.488 e. The van der Waals surface area contributed by atoms with E-state index in [-0.39, 0.29) is 6.04 Å². The lowest BCUT2D eigenvalue weighted by Crippen LogP contribution is -2.30. The van der Waals surface area contributed by atoms with Crippen LogP contribution in [0, 0.1) is 0 Å². The molecule has 0 saturated carbocycles. The van der Waals surface area contributed by atoms with Crippen LogP contribution in [0.3, 0.4) is 0 Å². The number of fused-ring (bicyclic) bond motifs is 1. The molecular formula is C21H24BN5O2. The zero-order chi connectivity index (χ0) is 20.4. The van der Waals surface area contributed by atoms with Crippen molar-refractivity contribution in [2.45, 2.75) is 39.3 Å². The summed E-state index contributed by atoms with van der Waals surface area (Å²) in [4.78, 5) is 6.92. The molecule has 1 aliphatic heterocycles. The van der Waals surface area contributed by atoms with Crippen LogP contribution in [0.25, 0.3) is 0 Å². The maximum absolute atomic E-state index is 9.38. The molecule has 2 heterocycles. The molecule has 4 rings (SSSR count). The number of rotatable bonds is 6. The normalized spacial score (nSPS) is 15.3. The average molecular weight is 389 g/mol. The van der Waals surface area contributed by atoms with Crippen molar-refractivity contribution < 1.29 is 10.0 Å². The van der Waals surface area contributed by atoms with E-state index in [2.05, 4.69) is 45.5 Å². The molecule has 0 amide bonds. The molecule has 0 aliphatic carbocycles. The molecule has 2 aromatic carbocycles. The van der Waals surface area contributed by atoms with E-state index in [4.69, 9.17) is 4.98 Å². The number of para-hydroxylation sites is 1. The minimum atomic E-state index is -1.48. The van der Waals surface area contributed by atoms with Crippen LogP contribution in [0.1, 0.15) is 30.7 Å². The van der Waals surface area contributed by atoms with Gasteiger partial charge in [-0.3, -0.25) is 0 Å². The number of benzene rings is 2. The lowest BCUT2D eigenvalue weighted by atomic mass is 9.80. The first-order valence-corrected chi connectivity index (χ1v) is 9.86. The van der Waals surface area contributed by atoms with Crippen molar-refractivity contribution in [1.82, 2.24) is 15.2 Å². The molecule has 3 N–H and O–H groups in total. The Morgan fingerprint density at radius 2 is 1.97 bits per heavy atom. The van der Waals surface area contributed by atoms with E-state index in [0.717, 1.165) is 23.4 Å². The summed E-state index contributed by atoms with van der Waals surface area (Å²) in [6.45, 7) is 4.68. The number of hydrogen-bond acceptors (Lipinski definition) is 7. The van der Waals surface area contributed by atoms with Gasteiger partial charge in [0.15, 0.2) is 5.82 Å². The lowest BCUT2D eigenvalue weighted by molar-refractivity contribution is 0.425. The molecule has 0 radical (unpaired) electrons. The summed E-state index contributed by atoms with van der Waals surface area (Å²) < 4.78 is 0. The highest BCUT2D eigenvalue weighted by Gasteiger charge is 2.29. The quantitative estimate of drug-likeness (QED) is 0.554. The third kappa shape index (κ3) is 3.94. The fourth-order valence-corrected chi connectivity index (χ4v) is 3.74. The molecule has 7 nitrogen and oxygen atoms in total. The molecule has 1 aliphatic rings. The first-order valence-electron chi connectivity index (χ1n) is 9.86. The third-order valence-electron chi connectivity index (χ3n) is 5.21. The van der Waals surface area contributed by atoms with E-state index in [1.54, 1.807) is 18.2 Å². The highest BCUT2D eigenvalue weighted by Crippen LogP contribution is 2.36. The standard InChI is InChI=1S/C21H24BN5O2/c1-3-18-20(23-13-15-7-6-9-17(12-15)22(28)29)24-21(26-25-18)27-14(2)11-16-8-4-5-10-19(16)27/h4-10,12,14,28-29H,3,11,13H2,1-2H3,(H,23,24,26). The minimum Gasteiger partial charge on any atom is -0.423 e. The van der Waals surface area contributed by atoms with Gasteiger partial charge in [0.05, 0.1) is 0 Å². The lowest BCUT2D eigenvalue weighted by Gasteiger charge is -2.23. The molecule has 1 aromatic heterocycles. The Morgan fingerprint density at radius 3 is 2.76 bits per heavy atom. The Labute approximate surface area is 170 Å². The van der Waals surface area contributed by atoms with Gasteiger partial charge in [-0.25, -0.2) is 0 Å². The Kier molecular flexibility index (Phi) is 5.46. The number of aromatic nitrogens is 3. The SMILES string of the molecule is CCc1nnc(N2c3ccccc3CC2C)nc1NCc1cccc(B(O)O)c1. The van der Waals surface area contributed by atoms with E-state index in [1.165, 1.54) is 5.56 Å². The van der Waals surface area contributed by atoms with Crippen LogP contribution in [0.15, 0.2) is 48.5 Å². The molecule has 0 spiro atoms. The maximum atomic E-state index is 9.38. The van der Waals surface area contributed by atoms with Gasteiger partial charge in [0, 0.05) is 18.3 Å². The molecule has 29 heavy (non-hydrogen) atoms. The van der Waals surface area contributed by atoms with Crippen LogP contribution in [-0.4, -0.2) is 38.4 Å². The van der Waals surface area contributed by atoms with Crippen molar-refractivity contribution in [3.63, 3.8) is 0 Å². The predicted octanol–water partition coefficient (Wildman–Crippen LogP) is 1.81. The largest absolute Gasteiger partial charge is 0.488 e. The Balaban J connectivity index is 1.60. The number of anilines is 3. The predicted molar refractivity (Wildman–Crippen MR) is 115 cm³/mol. The first-order chi connectivity index (χ1) is 14.1. The van der Waals surface area contributed by atoms with Crippen LogP contribution >= 0.6 is 0 Å². The molecular weight excluding hydrogens is 365 g/mol. The van der Waals surface area contributed by atoms with Gasteiger partial charge in [-0.15, -0.1) is 10.2 Å². The Bertz CT molecular complexity index is 1010. The molecule has 0 saturated heterocycles. The average Bonchev–Trinajstić information content (AvgIpc) is 3.08. The first kappa shape index (κ1) is 19.4. The van der Waals surface area contributed by atoms with Gasteiger partial charge >= 0.3 is 7.12 Å². The van der Waals surface area contributed by atoms with Crippen molar-refractivity contribution in [3.05, 3.63) is 65.4 Å². The monoisotopic (exact) mass is 389 g/mol. The summed E-state index contributed by atoms with van der Waals surface area (Å²) in [5.74, 6) is 1.28. The van der Waals surface area contributed by atoms with Crippen molar-refractivity contribution in [2.24, 2.45) is 0 Å². The molecule has 148 valence electrons. The molecule has 0 fully saturated rings. The highest BCUT2D eigenvalue weighted by atomic mass is 16.4. The minimum absolute atomic E-state index is 0.261. The molecule has 8 heteroatoms. The summed E-state index contributed by atoms with van der Waals surface area (Å²) >= 11 is 0. The van der Waals surface area contributed by atoms with Crippen LogP contribution in [0.5, 0.6) is 0 Å². The number of nitrogens with one attached hydrogen (secondary N) is 1. The second-order valence-electron chi connectivity index (χ2n) is 7.28. The zero-order valence-corrected chi connectivity index (χ0v) is 16.6. The Morgan fingerprint density at radius 1 is 1.14 bits per heavy atom. The Hall–Kier alpha value is -2.97. The van der Waals surface area contributed by atoms with Crippen LogP contribution in [0.4, 0.5) is 17.5 Å². The molecule has 1 unspecified atom stereocenters. The second kappa shape index (κ2) is 8.18. The van der Waals surface area contributed by atoms with Gasteiger partial charge in [-0.05, 0) is 42.4 Å². The van der Waals surface area contributed by atoms with Gasteiger partial charge in [-0.2, -0.15) is 4.98 Å². The second-order valence-corrected chi connectivity index (χ2v) is 7.28. The number of aryl methyl sites for hydroxylation is 1. The van der Waals surface area contributed by atoms with Crippen molar-refractivity contribution in [3.8, 4) is 0 Å². The molecule has 1 atom stereocenters. The van der Waals surface area contributed by atoms with Crippen molar-refractivity contribution >= 4 is 30.0 Å². The van der Waals surface area contributed by atoms with Gasteiger partial charge in [0.1, 0.15) is 5.69 Å². The van der Waals surface area contributed by atoms with E-state index in [0.29, 0.717) is 30.2 Å². The van der Waals surface area contributed by atoms with E-state index >= 15 is 0 Å². The van der Waals surface area contributed by atoms with E-state index in [1.807, 2.05) is 19.1 Å². The molecule has 3 aromatic rings. The van der Waals surface area contributed by atoms with Crippen molar-refractivity contribution in [1.29, 1.82) is 0 Å². The van der Waals surface area contributed by atoms with E-state index in [9.17, 15) is 10.0 Å². The van der Waals surface area contributed by atoms with Crippen LogP contribution < -0.4 is 15.7 Å². The fourth-order valence-electron chi connectivity index (χ4n) is 3.74.